The maximum Gasteiger partial charge on any atom is 0.107 e. The van der Waals surface area contributed by atoms with Crippen molar-refractivity contribution < 1.29 is 0 Å². The van der Waals surface area contributed by atoms with E-state index in [1.807, 2.05) is 18.2 Å². The Balaban J connectivity index is 1.87. The quantitative estimate of drug-likeness (QED) is 0.869. The van der Waals surface area contributed by atoms with Gasteiger partial charge in [-0.2, -0.15) is 0 Å². The summed E-state index contributed by atoms with van der Waals surface area (Å²) in [6, 6.07) is 16.5. The van der Waals surface area contributed by atoms with Crippen molar-refractivity contribution in [3.63, 3.8) is 0 Å². The molecule has 1 aliphatic heterocycles. The number of anilines is 1. The highest BCUT2D eigenvalue weighted by atomic mass is 35.5. The third kappa shape index (κ3) is 2.89. The number of thiocarbonyl (C=S) groups is 1. The van der Waals surface area contributed by atoms with Crippen LogP contribution in [0.1, 0.15) is 23.5 Å². The van der Waals surface area contributed by atoms with Crippen LogP contribution in [0.3, 0.4) is 0 Å². The Morgan fingerprint density at radius 1 is 1.14 bits per heavy atom. The molecular formula is C17H17ClN2S. The monoisotopic (exact) mass is 316 g/mol. The van der Waals surface area contributed by atoms with Crippen LogP contribution in [0.15, 0.2) is 48.5 Å². The Labute approximate surface area is 135 Å². The lowest BCUT2D eigenvalue weighted by atomic mass is 9.99. The van der Waals surface area contributed by atoms with E-state index in [4.69, 9.17) is 29.6 Å². The minimum absolute atomic E-state index is 0.360. The molecular weight excluding hydrogens is 300 g/mol. The molecule has 1 unspecified atom stereocenters. The van der Waals surface area contributed by atoms with E-state index in [0.29, 0.717) is 15.9 Å². The lowest BCUT2D eigenvalue weighted by Gasteiger charge is -2.22. The van der Waals surface area contributed by atoms with E-state index in [2.05, 4.69) is 35.2 Å². The van der Waals surface area contributed by atoms with Gasteiger partial charge < -0.3 is 10.6 Å². The highest BCUT2D eigenvalue weighted by molar-refractivity contribution is 7.80. The van der Waals surface area contributed by atoms with Gasteiger partial charge >= 0.3 is 0 Å². The van der Waals surface area contributed by atoms with Crippen molar-refractivity contribution in [2.45, 2.75) is 12.3 Å². The molecule has 0 radical (unpaired) electrons. The zero-order valence-corrected chi connectivity index (χ0v) is 13.2. The van der Waals surface area contributed by atoms with Crippen LogP contribution in [-0.2, 0) is 0 Å². The molecule has 3 rings (SSSR count). The average Bonchev–Trinajstić information content (AvgIpc) is 2.97. The van der Waals surface area contributed by atoms with E-state index in [-0.39, 0.29) is 0 Å². The number of nitrogens with two attached hydrogens (primary N) is 1. The summed E-state index contributed by atoms with van der Waals surface area (Å²) in [4.78, 5) is 2.69. The molecule has 1 aliphatic rings. The third-order valence-corrected chi connectivity index (χ3v) is 4.56. The second-order valence-electron chi connectivity index (χ2n) is 5.34. The highest BCUT2D eigenvalue weighted by Gasteiger charge is 2.26. The lowest BCUT2D eigenvalue weighted by molar-refractivity contribution is 0.775. The molecule has 1 saturated heterocycles. The van der Waals surface area contributed by atoms with Crippen molar-refractivity contribution in [3.05, 3.63) is 64.7 Å². The Morgan fingerprint density at radius 3 is 2.62 bits per heavy atom. The van der Waals surface area contributed by atoms with Gasteiger partial charge in [-0.3, -0.25) is 0 Å². The zero-order valence-electron chi connectivity index (χ0n) is 11.6. The fraction of sp³-hybridized carbons (Fsp3) is 0.235. The maximum absolute atomic E-state index is 6.26. The summed E-state index contributed by atoms with van der Waals surface area (Å²) in [7, 11) is 0. The van der Waals surface area contributed by atoms with Gasteiger partial charge in [0.2, 0.25) is 0 Å². The number of rotatable bonds is 3. The molecule has 0 spiro atoms. The number of halogens is 1. The molecule has 0 saturated carbocycles. The largest absolute Gasteiger partial charge is 0.389 e. The molecule has 1 fully saturated rings. The van der Waals surface area contributed by atoms with Gasteiger partial charge in [-0.15, -0.1) is 0 Å². The van der Waals surface area contributed by atoms with Crippen molar-refractivity contribution in [1.82, 2.24) is 0 Å². The van der Waals surface area contributed by atoms with E-state index in [1.54, 1.807) is 0 Å². The molecule has 0 aromatic heterocycles. The fourth-order valence-corrected chi connectivity index (χ4v) is 3.54. The lowest BCUT2D eigenvalue weighted by Crippen LogP contribution is -2.23. The summed E-state index contributed by atoms with van der Waals surface area (Å²) in [5, 5.41) is 0.628. The Kier molecular flexibility index (Phi) is 4.13. The van der Waals surface area contributed by atoms with Crippen molar-refractivity contribution >= 4 is 34.5 Å². The Bertz CT molecular complexity index is 657. The van der Waals surface area contributed by atoms with E-state index in [9.17, 15) is 0 Å². The fourth-order valence-electron chi connectivity index (χ4n) is 3.00. The average molecular weight is 317 g/mol. The van der Waals surface area contributed by atoms with Crippen LogP contribution in [0.5, 0.6) is 0 Å². The van der Waals surface area contributed by atoms with Crippen molar-refractivity contribution in [3.8, 4) is 0 Å². The summed E-state index contributed by atoms with van der Waals surface area (Å²) in [6.45, 7) is 1.97. The molecule has 1 atom stereocenters. The predicted octanol–water partition coefficient (Wildman–Crippen LogP) is 3.97. The van der Waals surface area contributed by atoms with Crippen LogP contribution in [0.4, 0.5) is 5.69 Å². The molecule has 2 nitrogen and oxygen atoms in total. The maximum atomic E-state index is 6.26. The van der Waals surface area contributed by atoms with E-state index >= 15 is 0 Å². The molecule has 108 valence electrons. The minimum Gasteiger partial charge on any atom is -0.389 e. The standard InChI is InChI=1S/C17H17ClN2S/c18-14-7-4-8-15(16(14)17(19)21)20-10-9-13(11-20)12-5-2-1-3-6-12/h1-8,13H,9-11H2,(H2,19,21). The molecule has 2 N–H and O–H groups in total. The summed E-state index contributed by atoms with van der Waals surface area (Å²) >= 11 is 11.4. The number of hydrogen-bond donors (Lipinski definition) is 1. The molecule has 0 aliphatic carbocycles. The van der Waals surface area contributed by atoms with Gasteiger partial charge in [0.15, 0.2) is 0 Å². The molecule has 0 amide bonds. The van der Waals surface area contributed by atoms with Gasteiger partial charge in [0.1, 0.15) is 4.99 Å². The van der Waals surface area contributed by atoms with Crippen LogP contribution in [0.2, 0.25) is 5.02 Å². The molecule has 1 heterocycles. The van der Waals surface area contributed by atoms with E-state index in [1.165, 1.54) is 5.56 Å². The number of benzene rings is 2. The van der Waals surface area contributed by atoms with Crippen LogP contribution < -0.4 is 10.6 Å². The minimum atomic E-state index is 0.360. The van der Waals surface area contributed by atoms with E-state index in [0.717, 1.165) is 30.8 Å². The normalized spacial score (nSPS) is 18.0. The Hall–Kier alpha value is -1.58. The topological polar surface area (TPSA) is 29.3 Å². The first kappa shape index (κ1) is 14.4. The smallest absolute Gasteiger partial charge is 0.107 e. The number of hydrogen-bond acceptors (Lipinski definition) is 2. The van der Waals surface area contributed by atoms with Gasteiger partial charge in [0.05, 0.1) is 10.6 Å². The first-order chi connectivity index (χ1) is 10.2. The van der Waals surface area contributed by atoms with Gasteiger partial charge in [0, 0.05) is 24.7 Å². The van der Waals surface area contributed by atoms with Crippen molar-refractivity contribution in [2.24, 2.45) is 5.73 Å². The summed E-state index contributed by atoms with van der Waals surface area (Å²) in [6.07, 6.45) is 1.13. The van der Waals surface area contributed by atoms with E-state index < -0.39 is 0 Å². The first-order valence-corrected chi connectivity index (χ1v) is 7.83. The van der Waals surface area contributed by atoms with Crippen LogP contribution >= 0.6 is 23.8 Å². The summed E-state index contributed by atoms with van der Waals surface area (Å²) in [5.74, 6) is 0.546. The zero-order chi connectivity index (χ0) is 14.8. The Morgan fingerprint density at radius 2 is 1.90 bits per heavy atom. The molecule has 0 bridgehead atoms. The van der Waals surface area contributed by atoms with Crippen LogP contribution in [0.25, 0.3) is 0 Å². The second-order valence-corrected chi connectivity index (χ2v) is 6.19. The van der Waals surface area contributed by atoms with Crippen molar-refractivity contribution in [2.75, 3.05) is 18.0 Å². The van der Waals surface area contributed by atoms with Gasteiger partial charge in [-0.25, -0.2) is 0 Å². The van der Waals surface area contributed by atoms with Crippen molar-refractivity contribution in [1.29, 1.82) is 0 Å². The van der Waals surface area contributed by atoms with Crippen LogP contribution in [0, 0.1) is 0 Å². The van der Waals surface area contributed by atoms with Gasteiger partial charge in [-0.1, -0.05) is 60.2 Å². The SMILES string of the molecule is NC(=S)c1c(Cl)cccc1N1CCC(c2ccccc2)C1. The molecule has 4 heteroatoms. The first-order valence-electron chi connectivity index (χ1n) is 7.05. The van der Waals surface area contributed by atoms with Gasteiger partial charge in [-0.05, 0) is 24.1 Å². The van der Waals surface area contributed by atoms with Crippen LogP contribution in [-0.4, -0.2) is 18.1 Å². The third-order valence-electron chi connectivity index (χ3n) is 4.04. The molecule has 2 aromatic rings. The predicted molar refractivity (Wildman–Crippen MR) is 93.4 cm³/mol. The molecule has 21 heavy (non-hydrogen) atoms. The second kappa shape index (κ2) is 6.04. The van der Waals surface area contributed by atoms with Gasteiger partial charge in [0.25, 0.3) is 0 Å². The summed E-state index contributed by atoms with van der Waals surface area (Å²) in [5.41, 5.74) is 9.08. The summed E-state index contributed by atoms with van der Waals surface area (Å²) < 4.78 is 0. The highest BCUT2D eigenvalue weighted by Crippen LogP contribution is 2.34. The number of nitrogens with zero attached hydrogens (tertiary/aromatic N) is 1. The molecule has 2 aromatic carbocycles.